The molecule has 0 amide bonds. The van der Waals surface area contributed by atoms with Crippen molar-refractivity contribution in [2.45, 2.75) is 22.7 Å². The zero-order chi connectivity index (χ0) is 13.7. The summed E-state index contributed by atoms with van der Waals surface area (Å²) in [6.45, 7) is 0. The van der Waals surface area contributed by atoms with Gasteiger partial charge in [-0.1, -0.05) is 11.6 Å². The highest BCUT2D eigenvalue weighted by Gasteiger charge is 2.53. The molecule has 0 saturated carbocycles. The van der Waals surface area contributed by atoms with Crippen LogP contribution in [0.25, 0.3) is 0 Å². The zero-order valence-electron chi connectivity index (χ0n) is 8.66. The molecule has 18 heavy (non-hydrogen) atoms. The molecule has 0 N–H and O–H groups in total. The van der Waals surface area contributed by atoms with E-state index in [2.05, 4.69) is 0 Å². The molecule has 0 aliphatic carbocycles. The van der Waals surface area contributed by atoms with Crippen molar-refractivity contribution in [2.24, 2.45) is 0 Å². The second-order valence-electron chi connectivity index (χ2n) is 3.84. The van der Waals surface area contributed by atoms with Crippen molar-refractivity contribution in [2.75, 3.05) is 0 Å². The van der Waals surface area contributed by atoms with Gasteiger partial charge in [0.2, 0.25) is 0 Å². The number of rotatable bonds is 0. The molecule has 8 heteroatoms. The Balaban J connectivity index is 2.69. The number of hydrogen-bond acceptors (Lipinski definition) is 3. The summed E-state index contributed by atoms with van der Waals surface area (Å²) in [4.78, 5) is 11.0. The van der Waals surface area contributed by atoms with E-state index >= 15 is 0 Å². The molecule has 0 fully saturated rings. The standard InChI is InChI=1S/C10H6ClF3O3S/c11-5-1-2-8-6(3-5)7(15)4-9(10(12,13)14)18(8,16)17/h1-3,9H,4H2. The Hall–Kier alpha value is -1.08. The van der Waals surface area contributed by atoms with Crippen LogP contribution in [0.2, 0.25) is 5.02 Å². The predicted octanol–water partition coefficient (Wildman–Crippen LogP) is 2.63. The summed E-state index contributed by atoms with van der Waals surface area (Å²) in [5, 5.41) is -2.58. The molecule has 2 rings (SSSR count). The van der Waals surface area contributed by atoms with Crippen LogP contribution < -0.4 is 0 Å². The monoisotopic (exact) mass is 298 g/mol. The average molecular weight is 299 g/mol. The number of benzene rings is 1. The Labute approximate surface area is 105 Å². The lowest BCUT2D eigenvalue weighted by molar-refractivity contribution is -0.130. The highest BCUT2D eigenvalue weighted by molar-refractivity contribution is 7.92. The fraction of sp³-hybridized carbons (Fsp3) is 0.300. The number of sulfone groups is 1. The molecule has 0 aromatic heterocycles. The number of carbonyl (C=O) groups is 1. The number of Topliss-reactive ketones (excluding diaryl/α,β-unsaturated/α-hetero) is 1. The lowest BCUT2D eigenvalue weighted by Gasteiger charge is -2.25. The van der Waals surface area contributed by atoms with E-state index in [0.29, 0.717) is 0 Å². The topological polar surface area (TPSA) is 51.2 Å². The first-order valence-electron chi connectivity index (χ1n) is 4.77. The van der Waals surface area contributed by atoms with E-state index in [1.165, 1.54) is 0 Å². The number of carbonyl (C=O) groups excluding carboxylic acids is 1. The average Bonchev–Trinajstić information content (AvgIpc) is 2.21. The molecule has 1 aliphatic rings. The first kappa shape index (κ1) is 13.4. The first-order valence-corrected chi connectivity index (χ1v) is 6.70. The summed E-state index contributed by atoms with van der Waals surface area (Å²) in [6.07, 6.45) is -6.06. The van der Waals surface area contributed by atoms with E-state index in [4.69, 9.17) is 11.6 Å². The van der Waals surface area contributed by atoms with E-state index in [1.807, 2.05) is 0 Å². The summed E-state index contributed by atoms with van der Waals surface area (Å²) in [7, 11) is -4.59. The van der Waals surface area contributed by atoms with Gasteiger partial charge in [0, 0.05) is 17.0 Å². The van der Waals surface area contributed by atoms with Crippen molar-refractivity contribution < 1.29 is 26.4 Å². The summed E-state index contributed by atoms with van der Waals surface area (Å²) >= 11 is 5.59. The molecule has 3 nitrogen and oxygen atoms in total. The third-order valence-electron chi connectivity index (χ3n) is 2.66. The van der Waals surface area contributed by atoms with Gasteiger partial charge in [-0.2, -0.15) is 13.2 Å². The van der Waals surface area contributed by atoms with Crippen LogP contribution >= 0.6 is 11.6 Å². The summed E-state index contributed by atoms with van der Waals surface area (Å²) < 4.78 is 61.5. The summed E-state index contributed by atoms with van der Waals surface area (Å²) in [5.74, 6) is -0.871. The van der Waals surface area contributed by atoms with Crippen molar-refractivity contribution in [1.82, 2.24) is 0 Å². The molecular weight excluding hydrogens is 293 g/mol. The van der Waals surface area contributed by atoms with Crippen LogP contribution in [0.3, 0.4) is 0 Å². The number of alkyl halides is 3. The van der Waals surface area contributed by atoms with Crippen LogP contribution in [0.1, 0.15) is 16.8 Å². The molecule has 1 heterocycles. The maximum absolute atomic E-state index is 12.6. The van der Waals surface area contributed by atoms with Gasteiger partial charge in [0.1, 0.15) is 0 Å². The Morgan fingerprint density at radius 2 is 1.89 bits per heavy atom. The van der Waals surface area contributed by atoms with Crippen molar-refractivity contribution in [3.8, 4) is 0 Å². The third-order valence-corrected chi connectivity index (χ3v) is 5.05. The van der Waals surface area contributed by atoms with Crippen LogP contribution in [-0.4, -0.2) is 25.6 Å². The van der Waals surface area contributed by atoms with Crippen molar-refractivity contribution >= 4 is 27.2 Å². The molecule has 98 valence electrons. The maximum Gasteiger partial charge on any atom is 0.406 e. The lowest BCUT2D eigenvalue weighted by atomic mass is 10.1. The van der Waals surface area contributed by atoms with Gasteiger partial charge in [-0.15, -0.1) is 0 Å². The number of fused-ring (bicyclic) bond motifs is 1. The smallest absolute Gasteiger partial charge is 0.294 e. The predicted molar refractivity (Wildman–Crippen MR) is 57.4 cm³/mol. The maximum atomic E-state index is 12.6. The number of hydrogen-bond donors (Lipinski definition) is 0. The fourth-order valence-corrected chi connectivity index (χ4v) is 3.74. The van der Waals surface area contributed by atoms with Gasteiger partial charge in [-0.05, 0) is 18.2 Å². The van der Waals surface area contributed by atoms with Crippen molar-refractivity contribution in [3.63, 3.8) is 0 Å². The van der Waals surface area contributed by atoms with Crippen LogP contribution in [-0.2, 0) is 9.84 Å². The largest absolute Gasteiger partial charge is 0.406 e. The molecule has 1 aromatic carbocycles. The second-order valence-corrected chi connectivity index (χ2v) is 6.38. The molecule has 1 unspecified atom stereocenters. The Bertz CT molecular complexity index is 622. The Morgan fingerprint density at radius 1 is 1.28 bits per heavy atom. The zero-order valence-corrected chi connectivity index (χ0v) is 10.2. The minimum Gasteiger partial charge on any atom is -0.294 e. The van der Waals surface area contributed by atoms with Crippen molar-refractivity contribution in [1.29, 1.82) is 0 Å². The van der Waals surface area contributed by atoms with Gasteiger partial charge < -0.3 is 0 Å². The van der Waals surface area contributed by atoms with Gasteiger partial charge in [0.25, 0.3) is 0 Å². The molecule has 1 aromatic rings. The van der Waals surface area contributed by atoms with Gasteiger partial charge >= 0.3 is 6.18 Å². The molecule has 1 atom stereocenters. The van der Waals surface area contributed by atoms with Crippen LogP contribution in [0, 0.1) is 0 Å². The molecule has 0 bridgehead atoms. The van der Waals surface area contributed by atoms with Gasteiger partial charge in [-0.3, -0.25) is 4.79 Å². The normalized spacial score (nSPS) is 22.7. The molecule has 1 aliphatic heterocycles. The van der Waals surface area contributed by atoms with Gasteiger partial charge in [-0.25, -0.2) is 8.42 Å². The van der Waals surface area contributed by atoms with Crippen LogP contribution in [0.15, 0.2) is 23.1 Å². The van der Waals surface area contributed by atoms with E-state index in [-0.39, 0.29) is 10.6 Å². The third kappa shape index (κ3) is 2.01. The summed E-state index contributed by atoms with van der Waals surface area (Å²) in [6, 6.07) is 3.15. The molecular formula is C10H6ClF3O3S. The van der Waals surface area contributed by atoms with Crippen molar-refractivity contribution in [3.05, 3.63) is 28.8 Å². The minimum absolute atomic E-state index is 0.0998. The molecule has 0 radical (unpaired) electrons. The van der Waals surface area contributed by atoms with E-state index in [0.717, 1.165) is 18.2 Å². The lowest BCUT2D eigenvalue weighted by Crippen LogP contribution is -2.42. The second kappa shape index (κ2) is 3.96. The SMILES string of the molecule is O=C1CC(C(F)(F)F)S(=O)(=O)c2ccc(Cl)cc21. The molecule has 0 spiro atoms. The first-order chi connectivity index (χ1) is 8.14. The fourth-order valence-electron chi connectivity index (χ4n) is 1.80. The Morgan fingerprint density at radius 3 is 2.44 bits per heavy atom. The summed E-state index contributed by atoms with van der Waals surface area (Å²) in [5.41, 5.74) is -0.275. The van der Waals surface area contributed by atoms with Gasteiger partial charge in [0.05, 0.1) is 4.90 Å². The van der Waals surface area contributed by atoms with Crippen LogP contribution in [0.4, 0.5) is 13.2 Å². The van der Waals surface area contributed by atoms with E-state index in [1.54, 1.807) is 0 Å². The Kier molecular flexibility index (Phi) is 2.94. The minimum atomic E-state index is -4.97. The van der Waals surface area contributed by atoms with E-state index in [9.17, 15) is 26.4 Å². The van der Waals surface area contributed by atoms with Crippen LogP contribution in [0.5, 0.6) is 0 Å². The number of ketones is 1. The highest BCUT2D eigenvalue weighted by atomic mass is 35.5. The van der Waals surface area contributed by atoms with Gasteiger partial charge in [0.15, 0.2) is 20.9 Å². The van der Waals surface area contributed by atoms with E-state index < -0.39 is 38.4 Å². The quantitative estimate of drug-likeness (QED) is 0.740. The highest BCUT2D eigenvalue weighted by Crippen LogP contribution is 2.39. The number of halogens is 4. The molecule has 0 saturated heterocycles.